The highest BCUT2D eigenvalue weighted by molar-refractivity contribution is 7.89. The third kappa shape index (κ3) is 3.77. The number of likely N-dealkylation sites (N-methyl/N-ethyl adjacent to an activating group) is 1. The number of hydrogen-bond donors (Lipinski definition) is 1. The number of likely N-dealkylation sites (tertiary alicyclic amines) is 1. The average Bonchev–Trinajstić information content (AvgIpc) is 3.04. The first-order valence-electron chi connectivity index (χ1n) is 9.73. The van der Waals surface area contributed by atoms with E-state index in [0.717, 1.165) is 42.9 Å². The molecule has 1 N–H and O–H groups in total. The maximum absolute atomic E-state index is 12.9. The fourth-order valence-corrected chi connectivity index (χ4v) is 5.49. The molecule has 28 heavy (non-hydrogen) atoms. The molecule has 1 fully saturated rings. The molecular formula is C22H27N3O2S. The van der Waals surface area contributed by atoms with Crippen molar-refractivity contribution in [2.75, 3.05) is 20.1 Å². The van der Waals surface area contributed by atoms with E-state index in [0.29, 0.717) is 4.90 Å². The molecule has 2 aliphatic rings. The lowest BCUT2D eigenvalue weighted by atomic mass is 9.76. The molecule has 2 heterocycles. The van der Waals surface area contributed by atoms with Crippen molar-refractivity contribution in [3.8, 4) is 0 Å². The summed E-state index contributed by atoms with van der Waals surface area (Å²) in [5.41, 5.74) is 3.83. The molecule has 0 bridgehead atoms. The number of sulfonamides is 1. The third-order valence-electron chi connectivity index (χ3n) is 5.63. The summed E-state index contributed by atoms with van der Waals surface area (Å²) >= 11 is 0. The van der Waals surface area contributed by atoms with Gasteiger partial charge >= 0.3 is 0 Å². The molecule has 0 aromatic heterocycles. The topological polar surface area (TPSA) is 61.8 Å². The maximum atomic E-state index is 12.9. The molecule has 5 nitrogen and oxygen atoms in total. The lowest BCUT2D eigenvalue weighted by molar-refractivity contribution is 0.407. The average molecular weight is 398 g/mol. The molecule has 0 radical (unpaired) electrons. The van der Waals surface area contributed by atoms with Gasteiger partial charge in [-0.1, -0.05) is 44.2 Å². The zero-order chi connectivity index (χ0) is 19.9. The predicted molar refractivity (Wildman–Crippen MR) is 113 cm³/mol. The van der Waals surface area contributed by atoms with E-state index in [1.165, 1.54) is 5.56 Å². The van der Waals surface area contributed by atoms with Crippen LogP contribution in [0.3, 0.4) is 0 Å². The van der Waals surface area contributed by atoms with Crippen LogP contribution in [0.2, 0.25) is 0 Å². The Labute approximate surface area is 167 Å². The molecule has 2 aliphatic heterocycles. The van der Waals surface area contributed by atoms with Gasteiger partial charge in [0.05, 0.1) is 16.3 Å². The summed E-state index contributed by atoms with van der Waals surface area (Å²) in [6, 6.07) is 15.3. The number of para-hydroxylation sites is 1. The second-order valence-electron chi connectivity index (χ2n) is 8.55. The van der Waals surface area contributed by atoms with Crippen LogP contribution >= 0.6 is 0 Å². The number of aliphatic imine (C=N–C) groups is 1. The first-order chi connectivity index (χ1) is 13.2. The van der Waals surface area contributed by atoms with Crippen molar-refractivity contribution in [2.45, 2.75) is 37.6 Å². The van der Waals surface area contributed by atoms with Crippen LogP contribution in [0, 0.1) is 5.41 Å². The smallest absolute Gasteiger partial charge is 0.240 e. The van der Waals surface area contributed by atoms with Crippen molar-refractivity contribution in [1.29, 1.82) is 0 Å². The highest BCUT2D eigenvalue weighted by atomic mass is 32.2. The molecule has 1 unspecified atom stereocenters. The van der Waals surface area contributed by atoms with Gasteiger partial charge in [0.1, 0.15) is 0 Å². The van der Waals surface area contributed by atoms with Crippen LogP contribution in [0.4, 0.5) is 5.69 Å². The Hall–Kier alpha value is -2.02. The van der Waals surface area contributed by atoms with Gasteiger partial charge in [0.25, 0.3) is 0 Å². The molecule has 148 valence electrons. The normalized spacial score (nSPS) is 22.0. The molecule has 1 atom stereocenters. The van der Waals surface area contributed by atoms with Crippen molar-refractivity contribution in [3.63, 3.8) is 0 Å². The summed E-state index contributed by atoms with van der Waals surface area (Å²) in [4.78, 5) is 7.34. The SMILES string of the molecule is CN1CCC(NS(=O)(=O)c2cccc(C3=Nc4ccccc4CC3(C)C)c2)C1. The third-order valence-corrected chi connectivity index (χ3v) is 7.15. The van der Waals surface area contributed by atoms with Crippen LogP contribution in [0.5, 0.6) is 0 Å². The quantitative estimate of drug-likeness (QED) is 0.860. The predicted octanol–water partition coefficient (Wildman–Crippen LogP) is 3.37. The number of fused-ring (bicyclic) bond motifs is 1. The number of nitrogens with zero attached hydrogens (tertiary/aromatic N) is 2. The van der Waals surface area contributed by atoms with E-state index < -0.39 is 10.0 Å². The van der Waals surface area contributed by atoms with Gasteiger partial charge in [0, 0.05) is 18.0 Å². The molecule has 6 heteroatoms. The molecule has 2 aromatic rings. The lowest BCUT2D eigenvalue weighted by Gasteiger charge is -2.32. The Balaban J connectivity index is 1.68. The second-order valence-corrected chi connectivity index (χ2v) is 10.3. The summed E-state index contributed by atoms with van der Waals surface area (Å²) in [5, 5.41) is 0. The Morgan fingerprint density at radius 1 is 1.14 bits per heavy atom. The lowest BCUT2D eigenvalue weighted by Crippen LogP contribution is -2.36. The van der Waals surface area contributed by atoms with Crippen LogP contribution in [-0.4, -0.2) is 45.2 Å². The Kier molecular flexibility index (Phi) is 4.89. The monoisotopic (exact) mass is 397 g/mol. The minimum absolute atomic E-state index is 0.0333. The van der Waals surface area contributed by atoms with Gasteiger partial charge in [-0.2, -0.15) is 0 Å². The van der Waals surface area contributed by atoms with Crippen molar-refractivity contribution in [1.82, 2.24) is 9.62 Å². The Bertz CT molecular complexity index is 1030. The van der Waals surface area contributed by atoms with E-state index in [1.54, 1.807) is 12.1 Å². The minimum Gasteiger partial charge on any atom is -0.305 e. The van der Waals surface area contributed by atoms with Crippen LogP contribution in [0.15, 0.2) is 58.4 Å². The van der Waals surface area contributed by atoms with Crippen molar-refractivity contribution in [2.24, 2.45) is 10.4 Å². The number of benzene rings is 2. The van der Waals surface area contributed by atoms with Gasteiger partial charge in [-0.3, -0.25) is 4.99 Å². The Morgan fingerprint density at radius 3 is 2.68 bits per heavy atom. The summed E-state index contributed by atoms with van der Waals surface area (Å²) in [6.45, 7) is 5.98. The summed E-state index contributed by atoms with van der Waals surface area (Å²) in [5.74, 6) is 0. The number of hydrogen-bond acceptors (Lipinski definition) is 4. The second kappa shape index (κ2) is 7.10. The fraction of sp³-hybridized carbons (Fsp3) is 0.409. The van der Waals surface area contributed by atoms with Crippen molar-refractivity contribution in [3.05, 3.63) is 59.7 Å². The van der Waals surface area contributed by atoms with E-state index in [-0.39, 0.29) is 11.5 Å². The molecule has 2 aromatic carbocycles. The van der Waals surface area contributed by atoms with Gasteiger partial charge in [-0.15, -0.1) is 0 Å². The van der Waals surface area contributed by atoms with E-state index >= 15 is 0 Å². The molecule has 0 saturated carbocycles. The van der Waals surface area contributed by atoms with Crippen LogP contribution in [0.25, 0.3) is 0 Å². The first-order valence-corrected chi connectivity index (χ1v) is 11.2. The van der Waals surface area contributed by atoms with E-state index in [4.69, 9.17) is 4.99 Å². The van der Waals surface area contributed by atoms with Gasteiger partial charge < -0.3 is 4.90 Å². The van der Waals surface area contributed by atoms with Crippen LogP contribution in [-0.2, 0) is 16.4 Å². The zero-order valence-corrected chi connectivity index (χ0v) is 17.5. The fourth-order valence-electron chi connectivity index (χ4n) is 4.19. The van der Waals surface area contributed by atoms with E-state index in [9.17, 15) is 8.42 Å². The van der Waals surface area contributed by atoms with Gasteiger partial charge in [0.2, 0.25) is 10.0 Å². The highest BCUT2D eigenvalue weighted by Crippen LogP contribution is 2.38. The standard InChI is InChI=1S/C22H27N3O2S/c1-22(2)14-17-7-4-5-10-20(17)23-21(22)16-8-6-9-19(13-16)28(26,27)24-18-11-12-25(3)15-18/h4-10,13,18,24H,11-12,14-15H2,1-3H3. The number of rotatable bonds is 4. The largest absolute Gasteiger partial charge is 0.305 e. The molecule has 1 saturated heterocycles. The highest BCUT2D eigenvalue weighted by Gasteiger charge is 2.32. The molecule has 0 amide bonds. The van der Waals surface area contributed by atoms with E-state index in [1.807, 2.05) is 37.4 Å². The summed E-state index contributed by atoms with van der Waals surface area (Å²) in [7, 11) is -1.55. The van der Waals surface area contributed by atoms with Gasteiger partial charge in [0.15, 0.2) is 0 Å². The Morgan fingerprint density at radius 2 is 1.93 bits per heavy atom. The summed E-state index contributed by atoms with van der Waals surface area (Å²) in [6.07, 6.45) is 1.72. The van der Waals surface area contributed by atoms with Crippen LogP contribution in [0.1, 0.15) is 31.4 Å². The van der Waals surface area contributed by atoms with Crippen molar-refractivity contribution < 1.29 is 8.42 Å². The van der Waals surface area contributed by atoms with Gasteiger partial charge in [-0.25, -0.2) is 13.1 Å². The van der Waals surface area contributed by atoms with Gasteiger partial charge in [-0.05, 0) is 55.8 Å². The summed E-state index contributed by atoms with van der Waals surface area (Å²) < 4.78 is 28.7. The van der Waals surface area contributed by atoms with Crippen LogP contribution < -0.4 is 4.72 Å². The molecule has 0 spiro atoms. The van der Waals surface area contributed by atoms with Crippen molar-refractivity contribution >= 4 is 21.4 Å². The maximum Gasteiger partial charge on any atom is 0.240 e. The molecule has 0 aliphatic carbocycles. The zero-order valence-electron chi connectivity index (χ0n) is 16.6. The number of nitrogens with one attached hydrogen (secondary N) is 1. The first kappa shape index (κ1) is 19.3. The molecular weight excluding hydrogens is 370 g/mol. The minimum atomic E-state index is -3.56. The molecule has 4 rings (SSSR count). The van der Waals surface area contributed by atoms with E-state index in [2.05, 4.69) is 29.5 Å².